The number of amides is 1. The molecule has 0 bridgehead atoms. The van der Waals surface area contributed by atoms with Gasteiger partial charge in [-0.05, 0) is 0 Å². The van der Waals surface area contributed by atoms with Crippen molar-refractivity contribution >= 4 is 17.8 Å². The highest BCUT2D eigenvalue weighted by atomic mass is 16.5. The van der Waals surface area contributed by atoms with Crippen molar-refractivity contribution < 1.29 is 33.7 Å². The van der Waals surface area contributed by atoms with Gasteiger partial charge in [0.2, 0.25) is 5.91 Å². The summed E-state index contributed by atoms with van der Waals surface area (Å²) in [5, 5.41) is 8.37. The molecule has 8 nitrogen and oxygen atoms in total. The third-order valence-corrected chi connectivity index (χ3v) is 2.37. The molecule has 1 heterocycles. The number of morpholine rings is 1. The minimum atomic E-state index is -1.16. The molecule has 0 aromatic rings. The average Bonchev–Trinajstić information content (AvgIpc) is 2.37. The van der Waals surface area contributed by atoms with Gasteiger partial charge in [-0.3, -0.25) is 4.79 Å². The highest BCUT2D eigenvalue weighted by Crippen LogP contribution is 2.09. The zero-order valence-corrected chi connectivity index (χ0v) is 9.96. The fraction of sp³-hybridized carbons (Fsp3) is 0.700. The first kappa shape index (κ1) is 14.4. The zero-order valence-electron chi connectivity index (χ0n) is 9.96. The van der Waals surface area contributed by atoms with E-state index < -0.39 is 30.5 Å². The van der Waals surface area contributed by atoms with E-state index in [4.69, 9.17) is 9.84 Å². The number of ether oxygens (including phenoxy) is 3. The van der Waals surface area contributed by atoms with E-state index in [0.717, 1.165) is 0 Å². The van der Waals surface area contributed by atoms with Crippen LogP contribution in [0.25, 0.3) is 0 Å². The van der Waals surface area contributed by atoms with E-state index >= 15 is 0 Å². The van der Waals surface area contributed by atoms with Crippen LogP contribution >= 0.6 is 0 Å². The Hall–Kier alpha value is -1.67. The number of aliphatic carboxylic acids is 1. The molecule has 1 N–H and O–H groups in total. The van der Waals surface area contributed by atoms with E-state index in [1.807, 2.05) is 0 Å². The second-order valence-electron chi connectivity index (χ2n) is 3.59. The summed E-state index contributed by atoms with van der Waals surface area (Å²) in [5.41, 5.74) is 0. The van der Waals surface area contributed by atoms with Crippen LogP contribution in [0.15, 0.2) is 0 Å². The molecule has 0 aromatic heterocycles. The summed E-state index contributed by atoms with van der Waals surface area (Å²) in [4.78, 5) is 34.7. The average molecular weight is 261 g/mol. The van der Waals surface area contributed by atoms with Crippen molar-refractivity contribution in [1.82, 2.24) is 4.90 Å². The van der Waals surface area contributed by atoms with E-state index in [2.05, 4.69) is 9.47 Å². The molecule has 0 radical (unpaired) electrons. The van der Waals surface area contributed by atoms with Gasteiger partial charge in [-0.25, -0.2) is 9.59 Å². The third-order valence-electron chi connectivity index (χ3n) is 2.37. The Kier molecular flexibility index (Phi) is 5.53. The van der Waals surface area contributed by atoms with Gasteiger partial charge < -0.3 is 24.2 Å². The number of carbonyl (C=O) groups is 3. The number of rotatable bonds is 5. The van der Waals surface area contributed by atoms with E-state index in [-0.39, 0.29) is 19.8 Å². The second kappa shape index (κ2) is 6.92. The van der Waals surface area contributed by atoms with Gasteiger partial charge in [0.15, 0.2) is 6.04 Å². The van der Waals surface area contributed by atoms with Crippen molar-refractivity contribution in [2.45, 2.75) is 6.04 Å². The Morgan fingerprint density at radius 2 is 2.11 bits per heavy atom. The molecule has 1 aliphatic heterocycles. The molecule has 8 heteroatoms. The van der Waals surface area contributed by atoms with Gasteiger partial charge in [0.05, 0.1) is 20.3 Å². The van der Waals surface area contributed by atoms with Crippen LogP contribution in [0.4, 0.5) is 0 Å². The van der Waals surface area contributed by atoms with Gasteiger partial charge >= 0.3 is 11.9 Å². The zero-order chi connectivity index (χ0) is 13.5. The van der Waals surface area contributed by atoms with Gasteiger partial charge in [0, 0.05) is 6.54 Å². The van der Waals surface area contributed by atoms with Crippen molar-refractivity contribution in [2.75, 3.05) is 40.1 Å². The number of carboxylic acids is 1. The molecule has 0 aromatic carbocycles. The second-order valence-corrected chi connectivity index (χ2v) is 3.59. The Bertz CT molecular complexity index is 330. The first-order valence-corrected chi connectivity index (χ1v) is 5.31. The number of esters is 1. The molecule has 0 saturated carbocycles. The fourth-order valence-corrected chi connectivity index (χ4v) is 1.54. The van der Waals surface area contributed by atoms with E-state index in [1.165, 1.54) is 12.0 Å². The fourth-order valence-electron chi connectivity index (χ4n) is 1.54. The SMILES string of the molecule is COC(=O)C1COCCN1C(=O)COCC(=O)O. The summed E-state index contributed by atoms with van der Waals surface area (Å²) in [6.07, 6.45) is 0. The van der Waals surface area contributed by atoms with Crippen LogP contribution < -0.4 is 0 Å². The summed E-state index contributed by atoms with van der Waals surface area (Å²) >= 11 is 0. The van der Waals surface area contributed by atoms with Gasteiger partial charge in [-0.2, -0.15) is 0 Å². The molecular weight excluding hydrogens is 246 g/mol. The van der Waals surface area contributed by atoms with Crippen molar-refractivity contribution in [1.29, 1.82) is 0 Å². The Morgan fingerprint density at radius 3 is 2.72 bits per heavy atom. The first-order chi connectivity index (χ1) is 8.56. The predicted octanol–water partition coefficient (Wildman–Crippen LogP) is -1.51. The topological polar surface area (TPSA) is 102 Å². The molecule has 18 heavy (non-hydrogen) atoms. The molecule has 1 fully saturated rings. The maximum atomic E-state index is 11.8. The van der Waals surface area contributed by atoms with E-state index in [9.17, 15) is 14.4 Å². The maximum absolute atomic E-state index is 11.8. The minimum Gasteiger partial charge on any atom is -0.480 e. The summed E-state index contributed by atoms with van der Waals surface area (Å²) in [6.45, 7) is -0.316. The molecule has 102 valence electrons. The number of nitrogens with zero attached hydrogens (tertiary/aromatic N) is 1. The lowest BCUT2D eigenvalue weighted by Gasteiger charge is -2.33. The van der Waals surface area contributed by atoms with Crippen molar-refractivity contribution in [2.24, 2.45) is 0 Å². The van der Waals surface area contributed by atoms with Crippen LogP contribution in [0.1, 0.15) is 0 Å². The standard InChI is InChI=1S/C10H15NO7/c1-16-10(15)7-4-17-3-2-11(7)8(12)5-18-6-9(13)14/h7H,2-6H2,1H3,(H,13,14). The minimum absolute atomic E-state index is 0.0668. The summed E-state index contributed by atoms with van der Waals surface area (Å²) in [6, 6.07) is -0.801. The summed E-state index contributed by atoms with van der Waals surface area (Å²) < 4.78 is 14.4. The quantitative estimate of drug-likeness (QED) is 0.600. The number of hydrogen-bond acceptors (Lipinski definition) is 6. The molecule has 1 aliphatic rings. The summed E-state index contributed by atoms with van der Waals surface area (Å²) in [7, 11) is 1.22. The van der Waals surface area contributed by atoms with Crippen LogP contribution in [0.5, 0.6) is 0 Å². The van der Waals surface area contributed by atoms with Crippen LogP contribution in [0.2, 0.25) is 0 Å². The predicted molar refractivity (Wildman–Crippen MR) is 56.8 cm³/mol. The monoisotopic (exact) mass is 261 g/mol. The largest absolute Gasteiger partial charge is 0.480 e. The van der Waals surface area contributed by atoms with Crippen LogP contribution in [0.3, 0.4) is 0 Å². The molecular formula is C10H15NO7. The Labute approximate surface area is 103 Å². The number of methoxy groups -OCH3 is 1. The molecule has 1 unspecified atom stereocenters. The van der Waals surface area contributed by atoms with Gasteiger partial charge in [-0.15, -0.1) is 0 Å². The maximum Gasteiger partial charge on any atom is 0.331 e. The Morgan fingerprint density at radius 1 is 1.39 bits per heavy atom. The molecule has 1 rings (SSSR count). The highest BCUT2D eigenvalue weighted by Gasteiger charge is 2.33. The van der Waals surface area contributed by atoms with Gasteiger partial charge in [0.25, 0.3) is 0 Å². The third kappa shape index (κ3) is 3.97. The molecule has 0 aliphatic carbocycles. The highest BCUT2D eigenvalue weighted by molar-refractivity contribution is 5.85. The lowest BCUT2D eigenvalue weighted by molar-refractivity contribution is -0.163. The van der Waals surface area contributed by atoms with Crippen LogP contribution in [-0.4, -0.2) is 74.0 Å². The number of carbonyl (C=O) groups excluding carboxylic acids is 2. The molecule has 1 amide bonds. The van der Waals surface area contributed by atoms with Crippen molar-refractivity contribution in [3.63, 3.8) is 0 Å². The van der Waals surface area contributed by atoms with Crippen molar-refractivity contribution in [3.05, 3.63) is 0 Å². The smallest absolute Gasteiger partial charge is 0.331 e. The van der Waals surface area contributed by atoms with Crippen LogP contribution in [-0.2, 0) is 28.6 Å². The molecule has 0 spiro atoms. The Balaban J connectivity index is 2.52. The molecule has 1 saturated heterocycles. The molecule has 1 atom stereocenters. The van der Waals surface area contributed by atoms with Gasteiger partial charge in [-0.1, -0.05) is 0 Å². The first-order valence-electron chi connectivity index (χ1n) is 5.31. The van der Waals surface area contributed by atoms with Crippen molar-refractivity contribution in [3.8, 4) is 0 Å². The number of carboxylic acid groups (broad SMARTS) is 1. The van der Waals surface area contributed by atoms with E-state index in [0.29, 0.717) is 6.61 Å². The number of hydrogen-bond donors (Lipinski definition) is 1. The van der Waals surface area contributed by atoms with Crippen LogP contribution in [0, 0.1) is 0 Å². The summed E-state index contributed by atoms with van der Waals surface area (Å²) in [5.74, 6) is -2.19. The lowest BCUT2D eigenvalue weighted by atomic mass is 10.2. The van der Waals surface area contributed by atoms with E-state index in [1.54, 1.807) is 0 Å². The normalized spacial score (nSPS) is 19.4. The van der Waals surface area contributed by atoms with Gasteiger partial charge in [0.1, 0.15) is 13.2 Å². The lowest BCUT2D eigenvalue weighted by Crippen LogP contribution is -2.54.